The van der Waals surface area contributed by atoms with Crippen molar-refractivity contribution in [2.24, 2.45) is 0 Å². The van der Waals surface area contributed by atoms with E-state index in [9.17, 15) is 0 Å². The Morgan fingerprint density at radius 1 is 1.00 bits per heavy atom. The minimum Gasteiger partial charge on any atom is -0.396 e. The van der Waals surface area contributed by atoms with E-state index < -0.39 is 0 Å². The van der Waals surface area contributed by atoms with Crippen LogP contribution in [0, 0.1) is 13.8 Å². The van der Waals surface area contributed by atoms with Crippen molar-refractivity contribution >= 4 is 28.0 Å². The van der Waals surface area contributed by atoms with Crippen molar-refractivity contribution in [1.82, 2.24) is 4.98 Å². The highest BCUT2D eigenvalue weighted by molar-refractivity contribution is 5.99. The topological polar surface area (TPSA) is 42.1 Å². The van der Waals surface area contributed by atoms with Gasteiger partial charge < -0.3 is 10.6 Å². The smallest absolute Gasteiger partial charge is 0.0753 e. The van der Waals surface area contributed by atoms with Gasteiger partial charge in [-0.3, -0.25) is 4.98 Å². The lowest BCUT2D eigenvalue weighted by atomic mass is 10.1. The van der Waals surface area contributed by atoms with Gasteiger partial charge in [0.15, 0.2) is 0 Å². The molecular formula is C18H19N3. The Hall–Kier alpha value is -2.55. The molecule has 0 bridgehead atoms. The maximum absolute atomic E-state index is 6.20. The monoisotopic (exact) mass is 277 g/mol. The van der Waals surface area contributed by atoms with Gasteiger partial charge in [-0.2, -0.15) is 0 Å². The number of nitrogens with two attached hydrogens (primary N) is 1. The summed E-state index contributed by atoms with van der Waals surface area (Å²) in [5.74, 6) is 0. The van der Waals surface area contributed by atoms with Gasteiger partial charge in [-0.15, -0.1) is 0 Å². The van der Waals surface area contributed by atoms with E-state index in [1.165, 1.54) is 11.1 Å². The molecule has 0 radical (unpaired) electrons. The third kappa shape index (κ3) is 2.42. The summed E-state index contributed by atoms with van der Waals surface area (Å²) in [6, 6.07) is 14.6. The molecule has 0 aliphatic carbocycles. The molecule has 3 aromatic rings. The molecule has 1 heterocycles. The zero-order valence-electron chi connectivity index (χ0n) is 12.6. The number of aryl methyl sites for hydroxylation is 2. The predicted octanol–water partition coefficient (Wildman–Crippen LogP) is 4.20. The third-order valence-corrected chi connectivity index (χ3v) is 3.70. The minimum atomic E-state index is 0.690. The minimum absolute atomic E-state index is 0.690. The number of pyridine rings is 1. The molecule has 0 fully saturated rings. The second-order valence-electron chi connectivity index (χ2n) is 5.48. The van der Waals surface area contributed by atoms with Crippen LogP contribution in [-0.4, -0.2) is 12.0 Å². The van der Waals surface area contributed by atoms with Crippen LogP contribution in [0.2, 0.25) is 0 Å². The number of hydrogen-bond donors (Lipinski definition) is 1. The van der Waals surface area contributed by atoms with Gasteiger partial charge in [0.25, 0.3) is 0 Å². The van der Waals surface area contributed by atoms with Crippen LogP contribution in [0.4, 0.5) is 17.1 Å². The highest BCUT2D eigenvalue weighted by Crippen LogP contribution is 2.35. The number of anilines is 3. The number of fused-ring (bicyclic) bond motifs is 1. The molecule has 0 spiro atoms. The molecule has 0 atom stereocenters. The first-order chi connectivity index (χ1) is 10.1. The van der Waals surface area contributed by atoms with Crippen LogP contribution in [0.5, 0.6) is 0 Å². The predicted molar refractivity (Wildman–Crippen MR) is 90.1 cm³/mol. The van der Waals surface area contributed by atoms with E-state index in [2.05, 4.69) is 48.0 Å². The molecule has 1 aromatic heterocycles. The van der Waals surface area contributed by atoms with Crippen molar-refractivity contribution in [2.45, 2.75) is 13.8 Å². The Labute approximate surface area is 125 Å². The molecule has 0 unspecified atom stereocenters. The molecule has 2 N–H and O–H groups in total. The lowest BCUT2D eigenvalue weighted by molar-refractivity contribution is 1.20. The number of nitrogens with zero attached hydrogens (tertiary/aromatic N) is 2. The number of aromatic nitrogens is 1. The van der Waals surface area contributed by atoms with E-state index in [1.807, 2.05) is 25.2 Å². The Balaban J connectivity index is 2.21. The molecule has 21 heavy (non-hydrogen) atoms. The fraction of sp³-hybridized carbons (Fsp3) is 0.167. The van der Waals surface area contributed by atoms with Gasteiger partial charge in [-0.05, 0) is 43.2 Å². The zero-order chi connectivity index (χ0) is 15.0. The van der Waals surface area contributed by atoms with Crippen molar-refractivity contribution in [3.63, 3.8) is 0 Å². The third-order valence-electron chi connectivity index (χ3n) is 3.70. The summed E-state index contributed by atoms with van der Waals surface area (Å²) in [5.41, 5.74) is 12.5. The SMILES string of the molecule is Cc1cc(C)cc(N(C)c2c(N)cnc3ccccc23)c1. The molecule has 2 aromatic carbocycles. The molecular weight excluding hydrogens is 258 g/mol. The van der Waals surface area contributed by atoms with Gasteiger partial charge in [-0.1, -0.05) is 24.3 Å². The van der Waals surface area contributed by atoms with Gasteiger partial charge in [0.05, 0.1) is 23.1 Å². The number of benzene rings is 2. The van der Waals surface area contributed by atoms with Crippen molar-refractivity contribution in [1.29, 1.82) is 0 Å². The van der Waals surface area contributed by atoms with Crippen LogP contribution in [0.15, 0.2) is 48.7 Å². The van der Waals surface area contributed by atoms with Crippen molar-refractivity contribution < 1.29 is 0 Å². The largest absolute Gasteiger partial charge is 0.396 e. The average molecular weight is 277 g/mol. The number of nitrogen functional groups attached to an aromatic ring is 1. The molecule has 0 saturated carbocycles. The zero-order valence-corrected chi connectivity index (χ0v) is 12.6. The standard InChI is InChI=1S/C18H19N3/c1-12-8-13(2)10-14(9-12)21(3)18-15-6-4-5-7-17(15)20-11-16(18)19/h4-11H,19H2,1-3H3. The highest BCUT2D eigenvalue weighted by Gasteiger charge is 2.13. The number of para-hydroxylation sites is 1. The lowest BCUT2D eigenvalue weighted by Crippen LogP contribution is -2.13. The summed E-state index contributed by atoms with van der Waals surface area (Å²) < 4.78 is 0. The number of rotatable bonds is 2. The Morgan fingerprint density at radius 2 is 1.67 bits per heavy atom. The summed E-state index contributed by atoms with van der Waals surface area (Å²) in [6.07, 6.45) is 1.73. The van der Waals surface area contributed by atoms with E-state index in [-0.39, 0.29) is 0 Å². The average Bonchev–Trinajstić information content (AvgIpc) is 2.45. The fourth-order valence-electron chi connectivity index (χ4n) is 2.79. The summed E-state index contributed by atoms with van der Waals surface area (Å²) in [6.45, 7) is 4.22. The van der Waals surface area contributed by atoms with Gasteiger partial charge in [0.1, 0.15) is 0 Å². The van der Waals surface area contributed by atoms with Crippen molar-refractivity contribution in [3.05, 3.63) is 59.8 Å². The Kier molecular flexibility index (Phi) is 3.26. The molecule has 0 aliphatic heterocycles. The van der Waals surface area contributed by atoms with Gasteiger partial charge in [0.2, 0.25) is 0 Å². The van der Waals surface area contributed by atoms with Crippen LogP contribution < -0.4 is 10.6 Å². The first-order valence-electron chi connectivity index (χ1n) is 7.01. The normalized spacial score (nSPS) is 10.8. The molecule has 0 amide bonds. The summed E-state index contributed by atoms with van der Waals surface area (Å²) in [4.78, 5) is 6.54. The summed E-state index contributed by atoms with van der Waals surface area (Å²) in [7, 11) is 2.05. The Morgan fingerprint density at radius 3 is 2.38 bits per heavy atom. The Bertz CT molecular complexity index is 788. The van der Waals surface area contributed by atoms with Gasteiger partial charge >= 0.3 is 0 Å². The van der Waals surface area contributed by atoms with Crippen LogP contribution in [0.1, 0.15) is 11.1 Å². The van der Waals surface area contributed by atoms with Gasteiger partial charge in [0, 0.05) is 18.1 Å². The van der Waals surface area contributed by atoms with Crippen LogP contribution in [0.3, 0.4) is 0 Å². The lowest BCUT2D eigenvalue weighted by Gasteiger charge is -2.23. The van der Waals surface area contributed by atoms with Crippen molar-refractivity contribution in [2.75, 3.05) is 17.7 Å². The summed E-state index contributed by atoms with van der Waals surface area (Å²) >= 11 is 0. The van der Waals surface area contributed by atoms with Crippen LogP contribution >= 0.6 is 0 Å². The van der Waals surface area contributed by atoms with E-state index in [0.29, 0.717) is 5.69 Å². The van der Waals surface area contributed by atoms with E-state index in [4.69, 9.17) is 5.73 Å². The second-order valence-corrected chi connectivity index (χ2v) is 5.48. The first kappa shape index (κ1) is 13.4. The number of hydrogen-bond acceptors (Lipinski definition) is 3. The second kappa shape index (κ2) is 5.09. The van der Waals surface area contributed by atoms with Crippen LogP contribution in [-0.2, 0) is 0 Å². The molecule has 3 rings (SSSR count). The maximum Gasteiger partial charge on any atom is 0.0753 e. The van der Waals surface area contributed by atoms with E-state index >= 15 is 0 Å². The van der Waals surface area contributed by atoms with Crippen LogP contribution in [0.25, 0.3) is 10.9 Å². The molecule has 3 nitrogen and oxygen atoms in total. The van der Waals surface area contributed by atoms with Crippen molar-refractivity contribution in [3.8, 4) is 0 Å². The quantitative estimate of drug-likeness (QED) is 0.763. The fourth-order valence-corrected chi connectivity index (χ4v) is 2.79. The molecule has 3 heteroatoms. The maximum atomic E-state index is 6.20. The molecule has 0 saturated heterocycles. The molecule has 106 valence electrons. The van der Waals surface area contributed by atoms with Gasteiger partial charge in [-0.25, -0.2) is 0 Å². The summed E-state index contributed by atoms with van der Waals surface area (Å²) in [5, 5.41) is 1.07. The molecule has 0 aliphatic rings. The van der Waals surface area contributed by atoms with E-state index in [1.54, 1.807) is 6.20 Å². The highest BCUT2D eigenvalue weighted by atomic mass is 15.1. The van der Waals surface area contributed by atoms with E-state index in [0.717, 1.165) is 22.3 Å². The first-order valence-corrected chi connectivity index (χ1v) is 7.01.